The first-order chi connectivity index (χ1) is 19.4. The lowest BCUT2D eigenvalue weighted by Gasteiger charge is -2.47. The number of fused-ring (bicyclic) bond motifs is 2. The van der Waals surface area contributed by atoms with Gasteiger partial charge in [0, 0.05) is 23.5 Å². The summed E-state index contributed by atoms with van der Waals surface area (Å²) in [5, 5.41) is 13.3. The van der Waals surface area contributed by atoms with Crippen LogP contribution in [-0.2, 0) is 15.4 Å². The zero-order valence-corrected chi connectivity index (χ0v) is 22.6. The van der Waals surface area contributed by atoms with Gasteiger partial charge in [0.1, 0.15) is 5.82 Å². The van der Waals surface area contributed by atoms with E-state index in [0.717, 1.165) is 12.1 Å². The smallest absolute Gasteiger partial charge is 0.380 e. The predicted molar refractivity (Wildman–Crippen MR) is 142 cm³/mol. The molecule has 1 atom stereocenters. The monoisotopic (exact) mass is 589 g/mol. The number of aliphatic hydroxyl groups is 1. The molecule has 2 N–H and O–H groups in total. The summed E-state index contributed by atoms with van der Waals surface area (Å²) in [6.07, 6.45) is -1.90. The maximum Gasteiger partial charge on any atom is 0.417 e. The Morgan fingerprint density at radius 3 is 2.29 bits per heavy atom. The highest BCUT2D eigenvalue weighted by atomic mass is 32.2. The number of amides is 1. The number of rotatable bonds is 5. The van der Waals surface area contributed by atoms with Crippen molar-refractivity contribution in [3.8, 4) is 0 Å². The highest BCUT2D eigenvalue weighted by Crippen LogP contribution is 2.62. The molecule has 0 bridgehead atoms. The summed E-state index contributed by atoms with van der Waals surface area (Å²) in [5.74, 6) is -1.16. The number of benzene rings is 2. The van der Waals surface area contributed by atoms with E-state index >= 15 is 0 Å². The minimum absolute atomic E-state index is 0.105. The first-order valence-electron chi connectivity index (χ1n) is 13.3. The Morgan fingerprint density at radius 2 is 1.71 bits per heavy atom. The fraction of sp³-hybridized carbons (Fsp3) is 0.379. The number of aromatic nitrogens is 1. The number of carbonyl (C=O) groups excluding carboxylic acids is 1. The lowest BCUT2D eigenvalue weighted by Crippen LogP contribution is -2.56. The molecular weight excluding hydrogens is 562 g/mol. The third-order valence-corrected chi connectivity index (χ3v) is 10.5. The number of carbonyl (C=O) groups is 1. The molecule has 1 aliphatic heterocycles. The van der Waals surface area contributed by atoms with Gasteiger partial charge in [0.05, 0.1) is 22.2 Å². The molecule has 2 heterocycles. The van der Waals surface area contributed by atoms with Gasteiger partial charge < -0.3 is 10.4 Å². The topological polar surface area (TPSA) is 99.6 Å². The van der Waals surface area contributed by atoms with Crippen LogP contribution in [0.4, 0.5) is 28.9 Å². The normalized spacial score (nSPS) is 26.2. The van der Waals surface area contributed by atoms with E-state index in [0.29, 0.717) is 35.3 Å². The van der Waals surface area contributed by atoms with E-state index in [2.05, 4.69) is 10.3 Å². The molecule has 1 aromatic heterocycles. The van der Waals surface area contributed by atoms with Crippen LogP contribution < -0.4 is 9.62 Å². The quantitative estimate of drug-likeness (QED) is 0.380. The van der Waals surface area contributed by atoms with Crippen LogP contribution in [0.25, 0.3) is 0 Å². The maximum atomic E-state index is 14.1. The van der Waals surface area contributed by atoms with Crippen molar-refractivity contribution in [3.05, 3.63) is 83.9 Å². The fourth-order valence-corrected chi connectivity index (χ4v) is 8.25. The standard InChI is InChI=1S/C29H27F4N3O4S/c30-20-5-8-22(9-6-20)41(39,40)36-24-10-7-21(35-26(37)19-2-1-15-34-17-19)16-23(24)27(25(36)18-3-4-18)11-13-28(38,14-12-27)29(31,32)33/h1-2,5-10,15-18,25,38H,3-4,11-14H2,(H,35,37). The van der Waals surface area contributed by atoms with Crippen LogP contribution in [0.5, 0.6) is 0 Å². The van der Waals surface area contributed by atoms with Gasteiger partial charge in [0.2, 0.25) is 0 Å². The highest BCUT2D eigenvalue weighted by Gasteiger charge is 2.64. The van der Waals surface area contributed by atoms with Gasteiger partial charge in [-0.3, -0.25) is 14.1 Å². The van der Waals surface area contributed by atoms with Gasteiger partial charge in [0.15, 0.2) is 5.60 Å². The van der Waals surface area contributed by atoms with E-state index in [4.69, 9.17) is 0 Å². The minimum Gasteiger partial charge on any atom is -0.380 e. The van der Waals surface area contributed by atoms with Gasteiger partial charge in [-0.15, -0.1) is 0 Å². The van der Waals surface area contributed by atoms with Crippen LogP contribution in [0.15, 0.2) is 71.9 Å². The molecule has 0 saturated heterocycles. The average Bonchev–Trinajstić information content (AvgIpc) is 3.74. The fourth-order valence-electron chi connectivity index (χ4n) is 6.45. The van der Waals surface area contributed by atoms with Crippen molar-refractivity contribution in [1.29, 1.82) is 0 Å². The molecule has 2 fully saturated rings. The van der Waals surface area contributed by atoms with Gasteiger partial charge in [-0.05, 0) is 105 Å². The van der Waals surface area contributed by atoms with Gasteiger partial charge in [-0.25, -0.2) is 12.8 Å². The van der Waals surface area contributed by atoms with Crippen LogP contribution in [0.3, 0.4) is 0 Å². The number of nitrogens with one attached hydrogen (secondary N) is 1. The van der Waals surface area contributed by atoms with Crippen LogP contribution in [0, 0.1) is 11.7 Å². The van der Waals surface area contributed by atoms with Gasteiger partial charge in [0.25, 0.3) is 15.9 Å². The SMILES string of the molecule is O=C(Nc1ccc2c(c1)C1(CCC(O)(C(F)(F)F)CC1)C(C1CC1)N2S(=O)(=O)c1ccc(F)cc1)c1cccnc1. The molecule has 3 aliphatic rings. The van der Waals surface area contributed by atoms with E-state index < -0.39 is 57.8 Å². The zero-order valence-electron chi connectivity index (χ0n) is 21.7. The van der Waals surface area contributed by atoms with Crippen molar-refractivity contribution in [3.63, 3.8) is 0 Å². The van der Waals surface area contributed by atoms with E-state index in [-0.39, 0.29) is 23.7 Å². The maximum absolute atomic E-state index is 14.1. The molecule has 216 valence electrons. The van der Waals surface area contributed by atoms with E-state index in [1.165, 1.54) is 28.8 Å². The minimum atomic E-state index is -4.83. The van der Waals surface area contributed by atoms with Crippen molar-refractivity contribution >= 4 is 27.3 Å². The van der Waals surface area contributed by atoms with Gasteiger partial charge in [-0.1, -0.05) is 0 Å². The summed E-state index contributed by atoms with van der Waals surface area (Å²) in [7, 11) is -4.25. The highest BCUT2D eigenvalue weighted by molar-refractivity contribution is 7.92. The molecular formula is C29H27F4N3O4S. The predicted octanol–water partition coefficient (Wildman–Crippen LogP) is 5.57. The van der Waals surface area contributed by atoms with Crippen molar-refractivity contribution in [2.45, 2.75) is 66.7 Å². The second-order valence-electron chi connectivity index (χ2n) is 11.2. The van der Waals surface area contributed by atoms with E-state index in [9.17, 15) is 35.9 Å². The number of hydrogen-bond acceptors (Lipinski definition) is 5. The van der Waals surface area contributed by atoms with E-state index in [1.54, 1.807) is 30.3 Å². The lowest BCUT2D eigenvalue weighted by atomic mass is 9.62. The summed E-state index contributed by atoms with van der Waals surface area (Å²) in [6, 6.07) is 11.7. The number of pyridine rings is 1. The van der Waals surface area contributed by atoms with E-state index in [1.807, 2.05) is 0 Å². The number of hydrogen-bond donors (Lipinski definition) is 2. The van der Waals surface area contributed by atoms with Crippen molar-refractivity contribution in [2.24, 2.45) is 5.92 Å². The first-order valence-corrected chi connectivity index (χ1v) is 14.7. The first kappa shape index (κ1) is 27.6. The number of nitrogens with zero attached hydrogens (tertiary/aromatic N) is 2. The number of anilines is 2. The molecule has 1 amide bonds. The van der Waals surface area contributed by atoms with Crippen molar-refractivity contribution < 1.29 is 35.9 Å². The molecule has 3 aromatic rings. The Kier molecular flexibility index (Phi) is 6.42. The van der Waals surface area contributed by atoms with Crippen LogP contribution in [0.1, 0.15) is 54.4 Å². The molecule has 12 heteroatoms. The van der Waals surface area contributed by atoms with Gasteiger partial charge in [-0.2, -0.15) is 13.2 Å². The molecule has 41 heavy (non-hydrogen) atoms. The van der Waals surface area contributed by atoms with Crippen molar-refractivity contribution in [2.75, 3.05) is 9.62 Å². The number of halogens is 4. The molecule has 1 unspecified atom stereocenters. The Labute approximate surface area is 234 Å². The van der Waals surface area contributed by atoms with Crippen LogP contribution >= 0.6 is 0 Å². The Balaban J connectivity index is 1.47. The van der Waals surface area contributed by atoms with Crippen LogP contribution in [0.2, 0.25) is 0 Å². The molecule has 2 aromatic carbocycles. The molecule has 0 radical (unpaired) electrons. The Bertz CT molecular complexity index is 1580. The molecule has 2 aliphatic carbocycles. The zero-order chi connectivity index (χ0) is 29.2. The second kappa shape index (κ2) is 9.52. The Morgan fingerprint density at radius 1 is 1.02 bits per heavy atom. The van der Waals surface area contributed by atoms with Crippen LogP contribution in [-0.4, -0.2) is 42.2 Å². The summed E-state index contributed by atoms with van der Waals surface area (Å²) in [6.45, 7) is 0. The second-order valence-corrected chi connectivity index (χ2v) is 13.0. The molecule has 7 nitrogen and oxygen atoms in total. The molecule has 2 saturated carbocycles. The van der Waals surface area contributed by atoms with Gasteiger partial charge >= 0.3 is 6.18 Å². The lowest BCUT2D eigenvalue weighted by molar-refractivity contribution is -0.273. The number of alkyl halides is 3. The summed E-state index contributed by atoms with van der Waals surface area (Å²) in [5.41, 5.74) is -2.44. The summed E-state index contributed by atoms with van der Waals surface area (Å²) < 4.78 is 84.6. The molecule has 1 spiro atoms. The Hall–Kier alpha value is -3.51. The summed E-state index contributed by atoms with van der Waals surface area (Å²) >= 11 is 0. The molecule has 6 rings (SSSR count). The third kappa shape index (κ3) is 4.57. The largest absolute Gasteiger partial charge is 0.417 e. The van der Waals surface area contributed by atoms with Crippen molar-refractivity contribution in [1.82, 2.24) is 4.98 Å². The summed E-state index contributed by atoms with van der Waals surface area (Å²) in [4.78, 5) is 16.7. The number of sulfonamides is 1. The average molecular weight is 590 g/mol. The third-order valence-electron chi connectivity index (χ3n) is 8.71.